The molecule has 2 aromatic carbocycles. The molecule has 4 N–H and O–H groups in total. The number of carbonyl (C=O) groups excluding carboxylic acids is 3. The SMILES string of the molecule is Cc1ncsc1-c1ccc([C@H](C)NC(=O)[C@@H]2C[C@@H](O)CN2C(=O)[C@@H](NC(=O)C2CCCN(c3ccc(C4=N[C@@H](CC(=O)O)c5nnc(C)n5-c5sc(C)c(C)c54)cc3)C2)C(C)(C)C)cc1. The number of hydrogen-bond acceptors (Lipinski definition) is 12. The summed E-state index contributed by atoms with van der Waals surface area (Å²) in [6.07, 6.45) is 0.395. The molecule has 6 atom stereocenters. The first-order chi connectivity index (χ1) is 30.9. The first kappa shape index (κ1) is 45.8. The van der Waals surface area contributed by atoms with Gasteiger partial charge in [-0.2, -0.15) is 0 Å². The number of thiophene rings is 1. The van der Waals surface area contributed by atoms with Gasteiger partial charge in [-0.15, -0.1) is 32.9 Å². The average Bonchev–Trinajstić information content (AvgIpc) is 4.04. The van der Waals surface area contributed by atoms with E-state index in [-0.39, 0.29) is 37.2 Å². The van der Waals surface area contributed by atoms with Gasteiger partial charge in [0, 0.05) is 47.7 Å². The number of thiazole rings is 1. The molecule has 0 saturated carbocycles. The van der Waals surface area contributed by atoms with E-state index >= 15 is 0 Å². The molecule has 1 unspecified atom stereocenters. The summed E-state index contributed by atoms with van der Waals surface area (Å²) in [7, 11) is 0. The Labute approximate surface area is 387 Å². The highest BCUT2D eigenvalue weighted by Gasteiger charge is 2.45. The number of aliphatic carboxylic acids is 1. The molecule has 0 aliphatic carbocycles. The highest BCUT2D eigenvalue weighted by atomic mass is 32.1. The molecule has 3 amide bonds. The molecule has 0 bridgehead atoms. The fraction of sp³-hybridized carbons (Fsp3) is 0.458. The lowest BCUT2D eigenvalue weighted by atomic mass is 9.84. The van der Waals surface area contributed by atoms with Crippen molar-refractivity contribution in [3.8, 4) is 15.4 Å². The van der Waals surface area contributed by atoms with Gasteiger partial charge in [0.15, 0.2) is 5.82 Å². The van der Waals surface area contributed by atoms with Gasteiger partial charge < -0.3 is 30.6 Å². The number of aromatic nitrogens is 4. The maximum Gasteiger partial charge on any atom is 0.306 e. The first-order valence-electron chi connectivity index (χ1n) is 22.2. The number of carboxylic acids is 1. The number of carbonyl (C=O) groups is 4. The van der Waals surface area contributed by atoms with Crippen molar-refractivity contribution in [2.75, 3.05) is 24.5 Å². The lowest BCUT2D eigenvalue weighted by molar-refractivity contribution is -0.144. The van der Waals surface area contributed by atoms with E-state index in [9.17, 15) is 29.4 Å². The van der Waals surface area contributed by atoms with Gasteiger partial charge in [-0.25, -0.2) is 4.98 Å². The van der Waals surface area contributed by atoms with Gasteiger partial charge in [0.05, 0.1) is 46.3 Å². The molecular formula is C48H57N9O6S2. The van der Waals surface area contributed by atoms with Crippen LogP contribution >= 0.6 is 22.7 Å². The lowest BCUT2D eigenvalue weighted by Crippen LogP contribution is -2.59. The van der Waals surface area contributed by atoms with Crippen molar-refractivity contribution in [3.05, 3.63) is 98.5 Å². The van der Waals surface area contributed by atoms with Gasteiger partial charge in [0.2, 0.25) is 17.7 Å². The number of aliphatic imine (C=N–C) groups is 1. The fourth-order valence-electron chi connectivity index (χ4n) is 9.22. The number of nitrogens with one attached hydrogen (secondary N) is 2. The van der Waals surface area contributed by atoms with Crippen LogP contribution in [-0.2, 0) is 19.2 Å². The number of aliphatic hydroxyl groups excluding tert-OH is 1. The monoisotopic (exact) mass is 919 g/mol. The van der Waals surface area contributed by atoms with Gasteiger partial charge in [-0.1, -0.05) is 57.2 Å². The number of fused-ring (bicyclic) bond motifs is 3. The number of β-amino-alcohol motifs (C(OH)–C–C–N with tert-alkyl or cyclic N) is 1. The number of amides is 3. The zero-order valence-corrected chi connectivity index (χ0v) is 39.7. The number of piperidine rings is 1. The minimum absolute atomic E-state index is 0.00963. The van der Waals surface area contributed by atoms with Crippen molar-refractivity contribution >= 4 is 57.8 Å². The summed E-state index contributed by atoms with van der Waals surface area (Å²) in [6.45, 7) is 16.7. The largest absolute Gasteiger partial charge is 0.481 e. The molecule has 6 heterocycles. The van der Waals surface area contributed by atoms with Crippen LogP contribution in [0.5, 0.6) is 0 Å². The number of carboxylic acid groups (broad SMARTS) is 1. The van der Waals surface area contributed by atoms with E-state index in [1.807, 2.05) is 100 Å². The summed E-state index contributed by atoms with van der Waals surface area (Å²) in [4.78, 5) is 69.8. The second-order valence-corrected chi connectivity index (χ2v) is 20.7. The first-order valence-corrected chi connectivity index (χ1v) is 23.9. The van der Waals surface area contributed by atoms with Crippen LogP contribution in [0.4, 0.5) is 5.69 Å². The van der Waals surface area contributed by atoms with E-state index in [0.717, 1.165) is 66.9 Å². The van der Waals surface area contributed by atoms with Crippen molar-refractivity contribution in [1.82, 2.24) is 35.3 Å². The lowest BCUT2D eigenvalue weighted by Gasteiger charge is -2.38. The fourth-order valence-corrected chi connectivity index (χ4v) is 11.2. The van der Waals surface area contributed by atoms with E-state index in [1.165, 1.54) is 4.90 Å². The minimum atomic E-state index is -0.978. The van der Waals surface area contributed by atoms with E-state index in [2.05, 4.69) is 44.6 Å². The molecule has 2 fully saturated rings. The van der Waals surface area contributed by atoms with E-state index in [0.29, 0.717) is 30.3 Å². The Morgan fingerprint density at radius 2 is 1.63 bits per heavy atom. The standard InChI is InChI=1S/C48H57N9O6S2/c1-25-28(4)65-47-39(25)40(51-36(21-38(59)60)43-54-53-29(5)57(43)47)31-15-17-34(18-16-31)55-19-9-10-33(22-55)44(61)52-42(48(6,7)8)46(63)56-23-35(58)20-37(56)45(62)50-26(2)30-11-13-32(14-12-30)41-27(3)49-24-64-41/h11-18,24,26,33,35-37,42,58H,9-10,19-23H2,1-8H3,(H,50,62)(H,52,61)(H,59,60)/t26-,33?,35+,36-,37-,42+/m0/s1. The van der Waals surface area contributed by atoms with Crippen molar-refractivity contribution in [2.24, 2.45) is 16.3 Å². The second kappa shape index (κ2) is 18.2. The molecule has 0 spiro atoms. The van der Waals surface area contributed by atoms with Crippen LogP contribution in [0.15, 0.2) is 59.0 Å². The van der Waals surface area contributed by atoms with Crippen LogP contribution in [0.2, 0.25) is 0 Å². The molecule has 17 heteroatoms. The van der Waals surface area contributed by atoms with Gasteiger partial charge in [0.1, 0.15) is 29.0 Å². The van der Waals surface area contributed by atoms with E-state index in [1.54, 1.807) is 22.7 Å². The summed E-state index contributed by atoms with van der Waals surface area (Å²) in [5, 5.41) is 36.4. The summed E-state index contributed by atoms with van der Waals surface area (Å²) in [5.74, 6) is -1.21. The van der Waals surface area contributed by atoms with Crippen LogP contribution < -0.4 is 15.5 Å². The molecule has 15 nitrogen and oxygen atoms in total. The highest BCUT2D eigenvalue weighted by Crippen LogP contribution is 2.40. The predicted molar refractivity (Wildman–Crippen MR) is 252 cm³/mol. The third-order valence-electron chi connectivity index (χ3n) is 12.9. The Morgan fingerprint density at radius 3 is 2.29 bits per heavy atom. The summed E-state index contributed by atoms with van der Waals surface area (Å²) >= 11 is 3.19. The van der Waals surface area contributed by atoms with Crippen LogP contribution in [-0.4, -0.2) is 102 Å². The van der Waals surface area contributed by atoms with Crippen LogP contribution in [0, 0.1) is 39.0 Å². The normalized spacial score (nSPS) is 20.6. The quantitative estimate of drug-likeness (QED) is 0.112. The van der Waals surface area contributed by atoms with E-state index in [4.69, 9.17) is 4.99 Å². The molecule has 3 aliphatic rings. The molecule has 3 aliphatic heterocycles. The topological polar surface area (TPSA) is 195 Å². The number of hydrogen-bond donors (Lipinski definition) is 4. The number of nitrogens with zero attached hydrogens (tertiary/aromatic N) is 7. The molecule has 2 saturated heterocycles. The molecule has 5 aromatic rings. The van der Waals surface area contributed by atoms with Crippen molar-refractivity contribution in [2.45, 2.75) is 111 Å². The predicted octanol–water partition coefficient (Wildman–Crippen LogP) is 6.64. The van der Waals surface area contributed by atoms with E-state index < -0.39 is 47.4 Å². The maximum atomic E-state index is 14.5. The third kappa shape index (κ3) is 9.23. The second-order valence-electron chi connectivity index (χ2n) is 18.7. The average molecular weight is 920 g/mol. The zero-order valence-electron chi connectivity index (χ0n) is 38.1. The molecule has 65 heavy (non-hydrogen) atoms. The number of rotatable bonds is 11. The van der Waals surface area contributed by atoms with Crippen LogP contribution in [0.3, 0.4) is 0 Å². The number of likely N-dealkylation sites (tertiary alicyclic amines) is 1. The minimum Gasteiger partial charge on any atom is -0.481 e. The molecule has 8 rings (SSSR count). The number of benzene rings is 2. The molecule has 0 radical (unpaired) electrons. The number of aliphatic hydroxyl groups is 1. The van der Waals surface area contributed by atoms with Crippen LogP contribution in [0.25, 0.3) is 15.4 Å². The Bertz CT molecular complexity index is 2640. The van der Waals surface area contributed by atoms with Crippen molar-refractivity contribution in [3.63, 3.8) is 0 Å². The van der Waals surface area contributed by atoms with Crippen LogP contribution in [0.1, 0.15) is 110 Å². The Balaban J connectivity index is 0.951. The molecule has 342 valence electrons. The summed E-state index contributed by atoms with van der Waals surface area (Å²) in [5.41, 5.74) is 8.51. The van der Waals surface area contributed by atoms with Gasteiger partial charge in [-0.3, -0.25) is 28.7 Å². The van der Waals surface area contributed by atoms with Gasteiger partial charge in [0.25, 0.3) is 0 Å². The Hall–Kier alpha value is -5.78. The van der Waals surface area contributed by atoms with Gasteiger partial charge in [-0.05, 0) is 81.7 Å². The number of aryl methyl sites for hydroxylation is 3. The zero-order chi connectivity index (χ0) is 46.5. The number of anilines is 1. The summed E-state index contributed by atoms with van der Waals surface area (Å²) < 4.78 is 1.94. The highest BCUT2D eigenvalue weighted by molar-refractivity contribution is 7.15. The van der Waals surface area contributed by atoms with Crippen molar-refractivity contribution < 1.29 is 29.4 Å². The van der Waals surface area contributed by atoms with Crippen molar-refractivity contribution in [1.29, 1.82) is 0 Å². The Morgan fingerprint density at radius 1 is 0.923 bits per heavy atom. The maximum absolute atomic E-state index is 14.5. The molecule has 3 aromatic heterocycles. The summed E-state index contributed by atoms with van der Waals surface area (Å²) in [6, 6.07) is 13.1. The smallest absolute Gasteiger partial charge is 0.306 e. The van der Waals surface area contributed by atoms with Gasteiger partial charge >= 0.3 is 5.97 Å². The third-order valence-corrected chi connectivity index (χ3v) is 15.1. The molecular weight excluding hydrogens is 863 g/mol. The Kier molecular flexibility index (Phi) is 12.8.